The Morgan fingerprint density at radius 2 is 2.14 bits per heavy atom. The lowest BCUT2D eigenvalue weighted by Gasteiger charge is -2.30. The molecule has 3 heterocycles. The van der Waals surface area contributed by atoms with Crippen LogP contribution >= 0.6 is 11.3 Å². The molecule has 8 nitrogen and oxygen atoms in total. The van der Waals surface area contributed by atoms with E-state index in [9.17, 15) is 9.59 Å². The summed E-state index contributed by atoms with van der Waals surface area (Å²) in [6.45, 7) is 1.09. The third-order valence-electron chi connectivity index (χ3n) is 3.63. The van der Waals surface area contributed by atoms with Crippen LogP contribution in [0, 0.1) is 5.92 Å². The van der Waals surface area contributed by atoms with E-state index in [2.05, 4.69) is 20.5 Å². The molecule has 0 unspecified atom stereocenters. The van der Waals surface area contributed by atoms with Gasteiger partial charge in [-0.3, -0.25) is 9.59 Å². The highest BCUT2D eigenvalue weighted by Crippen LogP contribution is 2.21. The van der Waals surface area contributed by atoms with Crippen LogP contribution in [0.15, 0.2) is 17.8 Å². The van der Waals surface area contributed by atoms with E-state index in [4.69, 9.17) is 0 Å². The Bertz CT molecular complexity index is 660. The zero-order chi connectivity index (χ0) is 15.5. The predicted molar refractivity (Wildman–Crippen MR) is 80.4 cm³/mol. The normalized spacial score (nSPS) is 15.8. The van der Waals surface area contributed by atoms with Gasteiger partial charge in [-0.15, -0.1) is 16.4 Å². The number of aryl methyl sites for hydroxylation is 1. The molecule has 1 aliphatic rings. The summed E-state index contributed by atoms with van der Waals surface area (Å²) in [7, 11) is 1.67. The summed E-state index contributed by atoms with van der Waals surface area (Å²) in [4.78, 5) is 31.5. The van der Waals surface area contributed by atoms with E-state index in [1.54, 1.807) is 18.1 Å². The zero-order valence-corrected chi connectivity index (χ0v) is 12.9. The van der Waals surface area contributed by atoms with Crippen molar-refractivity contribution in [3.63, 3.8) is 0 Å². The molecule has 2 aromatic rings. The number of nitrogens with zero attached hydrogens (tertiary/aromatic N) is 5. The SMILES string of the molecule is Cn1ncc(C(=O)N2CCC(C(=O)Nc3nccs3)CC2)n1. The molecule has 1 aliphatic heterocycles. The topological polar surface area (TPSA) is 93.0 Å². The average Bonchev–Trinajstić information content (AvgIpc) is 3.18. The van der Waals surface area contributed by atoms with E-state index in [0.717, 1.165) is 0 Å². The van der Waals surface area contributed by atoms with E-state index in [0.29, 0.717) is 36.8 Å². The molecule has 0 aromatic carbocycles. The number of carbonyl (C=O) groups is 2. The van der Waals surface area contributed by atoms with Gasteiger partial charge in [0.15, 0.2) is 10.8 Å². The molecule has 3 rings (SSSR count). The molecule has 1 N–H and O–H groups in total. The van der Waals surface area contributed by atoms with Crippen molar-refractivity contribution in [1.82, 2.24) is 24.9 Å². The van der Waals surface area contributed by atoms with Crippen LogP contribution in [-0.2, 0) is 11.8 Å². The van der Waals surface area contributed by atoms with Crippen LogP contribution in [-0.4, -0.2) is 49.8 Å². The lowest BCUT2D eigenvalue weighted by Crippen LogP contribution is -2.41. The molecule has 0 radical (unpaired) electrons. The summed E-state index contributed by atoms with van der Waals surface area (Å²) in [5.74, 6) is -0.247. The number of aromatic nitrogens is 4. The number of hydrogen-bond donors (Lipinski definition) is 1. The Balaban J connectivity index is 1.54. The van der Waals surface area contributed by atoms with Gasteiger partial charge in [0.05, 0.1) is 6.20 Å². The fourth-order valence-electron chi connectivity index (χ4n) is 2.44. The molecular weight excluding hydrogens is 304 g/mol. The summed E-state index contributed by atoms with van der Waals surface area (Å²) in [5, 5.41) is 13.2. The van der Waals surface area contributed by atoms with Crippen LogP contribution in [0.4, 0.5) is 5.13 Å². The Labute approximate surface area is 131 Å². The largest absolute Gasteiger partial charge is 0.337 e. The molecule has 2 amide bonds. The summed E-state index contributed by atoms with van der Waals surface area (Å²) < 4.78 is 0. The van der Waals surface area contributed by atoms with E-state index >= 15 is 0 Å². The van der Waals surface area contributed by atoms with Gasteiger partial charge in [-0.1, -0.05) is 0 Å². The molecule has 0 aliphatic carbocycles. The van der Waals surface area contributed by atoms with Gasteiger partial charge in [0.25, 0.3) is 5.91 Å². The van der Waals surface area contributed by atoms with Crippen LogP contribution < -0.4 is 5.32 Å². The zero-order valence-electron chi connectivity index (χ0n) is 12.1. The second kappa shape index (κ2) is 6.22. The first-order valence-electron chi connectivity index (χ1n) is 6.99. The van der Waals surface area contributed by atoms with Crippen molar-refractivity contribution in [3.05, 3.63) is 23.5 Å². The van der Waals surface area contributed by atoms with E-state index in [-0.39, 0.29) is 17.7 Å². The Hall–Kier alpha value is -2.29. The lowest BCUT2D eigenvalue weighted by atomic mass is 9.96. The van der Waals surface area contributed by atoms with Crippen molar-refractivity contribution in [3.8, 4) is 0 Å². The number of piperidine rings is 1. The summed E-state index contributed by atoms with van der Waals surface area (Å²) in [6.07, 6.45) is 4.40. The number of thiazole rings is 1. The minimum absolute atomic E-state index is 0.0263. The van der Waals surface area contributed by atoms with Gasteiger partial charge in [0.1, 0.15) is 0 Å². The van der Waals surface area contributed by atoms with Crippen molar-refractivity contribution >= 4 is 28.3 Å². The first-order chi connectivity index (χ1) is 10.6. The second-order valence-corrected chi connectivity index (χ2v) is 6.01. The van der Waals surface area contributed by atoms with Crippen LogP contribution in [0.25, 0.3) is 0 Å². The van der Waals surface area contributed by atoms with Crippen molar-refractivity contribution in [2.24, 2.45) is 13.0 Å². The van der Waals surface area contributed by atoms with Crippen LogP contribution in [0.5, 0.6) is 0 Å². The second-order valence-electron chi connectivity index (χ2n) is 5.11. The maximum atomic E-state index is 12.2. The molecule has 9 heteroatoms. The summed E-state index contributed by atoms with van der Waals surface area (Å²) >= 11 is 1.40. The highest BCUT2D eigenvalue weighted by Gasteiger charge is 2.29. The van der Waals surface area contributed by atoms with Gasteiger partial charge in [0, 0.05) is 37.6 Å². The Kier molecular flexibility index (Phi) is 4.14. The predicted octanol–water partition coefficient (Wildman–Crippen LogP) is 0.762. The van der Waals surface area contributed by atoms with Crippen molar-refractivity contribution in [2.75, 3.05) is 18.4 Å². The van der Waals surface area contributed by atoms with E-state index < -0.39 is 0 Å². The highest BCUT2D eigenvalue weighted by molar-refractivity contribution is 7.13. The fourth-order valence-corrected chi connectivity index (χ4v) is 2.98. The molecule has 0 spiro atoms. The van der Waals surface area contributed by atoms with Gasteiger partial charge >= 0.3 is 0 Å². The summed E-state index contributed by atoms with van der Waals surface area (Å²) in [5.41, 5.74) is 0.341. The Morgan fingerprint density at radius 3 is 2.73 bits per heavy atom. The van der Waals surface area contributed by atoms with Crippen molar-refractivity contribution in [1.29, 1.82) is 0 Å². The fraction of sp³-hybridized carbons (Fsp3) is 0.462. The number of nitrogens with one attached hydrogen (secondary N) is 1. The van der Waals surface area contributed by atoms with Crippen molar-refractivity contribution < 1.29 is 9.59 Å². The van der Waals surface area contributed by atoms with Gasteiger partial charge in [-0.25, -0.2) is 4.98 Å². The first-order valence-corrected chi connectivity index (χ1v) is 7.87. The standard InChI is InChI=1S/C13H16N6O2S/c1-18-15-8-10(17-18)12(21)19-5-2-9(3-6-19)11(20)16-13-14-4-7-22-13/h4,7-9H,2-3,5-6H2,1H3,(H,14,16,20). The highest BCUT2D eigenvalue weighted by atomic mass is 32.1. The first kappa shape index (κ1) is 14.6. The monoisotopic (exact) mass is 320 g/mol. The lowest BCUT2D eigenvalue weighted by molar-refractivity contribution is -0.121. The molecule has 1 fully saturated rings. The number of rotatable bonds is 3. The quantitative estimate of drug-likeness (QED) is 0.901. The molecule has 0 bridgehead atoms. The molecular formula is C13H16N6O2S. The molecule has 116 valence electrons. The third-order valence-corrected chi connectivity index (χ3v) is 4.32. The van der Waals surface area contributed by atoms with Crippen LogP contribution in [0.2, 0.25) is 0 Å². The summed E-state index contributed by atoms with van der Waals surface area (Å²) in [6, 6.07) is 0. The van der Waals surface area contributed by atoms with Gasteiger partial charge in [-0.05, 0) is 12.8 Å². The smallest absolute Gasteiger partial charge is 0.276 e. The number of anilines is 1. The van der Waals surface area contributed by atoms with Crippen LogP contribution in [0.1, 0.15) is 23.3 Å². The maximum Gasteiger partial charge on any atom is 0.276 e. The number of amides is 2. The van der Waals surface area contributed by atoms with Gasteiger partial charge in [-0.2, -0.15) is 9.90 Å². The molecule has 0 atom stereocenters. The van der Waals surface area contributed by atoms with E-state index in [1.165, 1.54) is 22.3 Å². The molecule has 1 saturated heterocycles. The molecule has 0 saturated carbocycles. The number of likely N-dealkylation sites (tertiary alicyclic amines) is 1. The molecule has 2 aromatic heterocycles. The maximum absolute atomic E-state index is 12.2. The number of carbonyl (C=O) groups excluding carboxylic acids is 2. The minimum Gasteiger partial charge on any atom is -0.337 e. The number of hydrogen-bond acceptors (Lipinski definition) is 6. The van der Waals surface area contributed by atoms with Gasteiger partial charge in [0.2, 0.25) is 5.91 Å². The average molecular weight is 320 g/mol. The Morgan fingerprint density at radius 1 is 1.36 bits per heavy atom. The van der Waals surface area contributed by atoms with E-state index in [1.807, 2.05) is 5.38 Å². The molecule has 22 heavy (non-hydrogen) atoms. The minimum atomic E-state index is -0.133. The van der Waals surface area contributed by atoms with Crippen molar-refractivity contribution in [2.45, 2.75) is 12.8 Å². The third kappa shape index (κ3) is 3.14. The van der Waals surface area contributed by atoms with Gasteiger partial charge < -0.3 is 10.2 Å². The van der Waals surface area contributed by atoms with Crippen LogP contribution in [0.3, 0.4) is 0 Å².